The highest BCUT2D eigenvalue weighted by Gasteiger charge is 2.17. The molecule has 0 aliphatic carbocycles. The molecule has 1 aliphatic rings. The fourth-order valence-electron chi connectivity index (χ4n) is 1.65. The largest absolute Gasteiger partial charge is 0.393 e. The highest BCUT2D eigenvalue weighted by atomic mass is 16.5. The molecule has 0 spiro atoms. The molecular weight excluding hydrogens is 154 g/mol. The van der Waals surface area contributed by atoms with Crippen LogP contribution in [0, 0.1) is 0 Å². The lowest BCUT2D eigenvalue weighted by Crippen LogP contribution is -2.38. The molecule has 1 fully saturated rings. The molecule has 0 saturated carbocycles. The van der Waals surface area contributed by atoms with E-state index < -0.39 is 0 Å². The summed E-state index contributed by atoms with van der Waals surface area (Å²) in [5.41, 5.74) is 0. The molecule has 3 unspecified atom stereocenters. The van der Waals surface area contributed by atoms with Crippen molar-refractivity contribution in [1.82, 2.24) is 5.32 Å². The van der Waals surface area contributed by atoms with E-state index in [4.69, 9.17) is 9.84 Å². The molecule has 3 atom stereocenters. The van der Waals surface area contributed by atoms with E-state index in [9.17, 15) is 0 Å². The maximum atomic E-state index is 9.13. The highest BCUT2D eigenvalue weighted by molar-refractivity contribution is 4.75. The normalized spacial score (nSPS) is 28.8. The average Bonchev–Trinajstić information content (AvgIpc) is 2.37. The Hall–Kier alpha value is -0.120. The van der Waals surface area contributed by atoms with E-state index in [2.05, 4.69) is 12.2 Å². The molecule has 1 saturated heterocycles. The molecule has 0 bridgehead atoms. The van der Waals surface area contributed by atoms with Gasteiger partial charge in [-0.2, -0.15) is 0 Å². The lowest BCUT2D eigenvalue weighted by Gasteiger charge is -2.19. The third kappa shape index (κ3) is 3.52. The Kier molecular flexibility index (Phi) is 3.98. The van der Waals surface area contributed by atoms with Crippen LogP contribution in [0.2, 0.25) is 0 Å². The molecule has 12 heavy (non-hydrogen) atoms. The fourth-order valence-corrected chi connectivity index (χ4v) is 1.65. The van der Waals surface area contributed by atoms with E-state index in [-0.39, 0.29) is 6.10 Å². The minimum absolute atomic E-state index is 0.213. The van der Waals surface area contributed by atoms with Crippen molar-refractivity contribution in [2.75, 3.05) is 13.2 Å². The van der Waals surface area contributed by atoms with Crippen LogP contribution in [0.15, 0.2) is 0 Å². The molecule has 3 heteroatoms. The molecule has 3 nitrogen and oxygen atoms in total. The van der Waals surface area contributed by atoms with Crippen LogP contribution in [-0.4, -0.2) is 36.5 Å². The summed E-state index contributed by atoms with van der Waals surface area (Å²) in [5.74, 6) is 0. The van der Waals surface area contributed by atoms with Crippen LogP contribution in [-0.2, 0) is 4.74 Å². The standard InChI is InChI=1S/C9H19NO2/c1-7(5-8(2)11)10-9-3-4-12-6-9/h7-11H,3-6H2,1-2H3. The minimum atomic E-state index is -0.213. The van der Waals surface area contributed by atoms with Crippen molar-refractivity contribution in [3.63, 3.8) is 0 Å². The maximum absolute atomic E-state index is 9.13. The molecule has 0 aromatic carbocycles. The molecule has 0 amide bonds. The SMILES string of the molecule is CC(O)CC(C)NC1CCOC1. The average molecular weight is 173 g/mol. The molecule has 2 N–H and O–H groups in total. The van der Waals surface area contributed by atoms with Gasteiger partial charge in [-0.3, -0.25) is 0 Å². The number of nitrogens with one attached hydrogen (secondary N) is 1. The van der Waals surface area contributed by atoms with Crippen molar-refractivity contribution < 1.29 is 9.84 Å². The van der Waals surface area contributed by atoms with Gasteiger partial charge in [0.2, 0.25) is 0 Å². The monoisotopic (exact) mass is 173 g/mol. The van der Waals surface area contributed by atoms with Gasteiger partial charge >= 0.3 is 0 Å². The van der Waals surface area contributed by atoms with Crippen LogP contribution in [0.25, 0.3) is 0 Å². The zero-order chi connectivity index (χ0) is 8.97. The van der Waals surface area contributed by atoms with E-state index in [1.54, 1.807) is 0 Å². The Labute approximate surface area is 74.1 Å². The van der Waals surface area contributed by atoms with Crippen molar-refractivity contribution >= 4 is 0 Å². The topological polar surface area (TPSA) is 41.5 Å². The maximum Gasteiger partial charge on any atom is 0.0620 e. The Balaban J connectivity index is 2.11. The third-order valence-corrected chi connectivity index (χ3v) is 2.14. The van der Waals surface area contributed by atoms with Crippen LogP contribution in [0.5, 0.6) is 0 Å². The number of hydrogen-bond donors (Lipinski definition) is 2. The van der Waals surface area contributed by atoms with Gasteiger partial charge in [0, 0.05) is 18.7 Å². The summed E-state index contributed by atoms with van der Waals surface area (Å²) in [6, 6.07) is 0.885. The van der Waals surface area contributed by atoms with Crippen LogP contribution in [0.3, 0.4) is 0 Å². The third-order valence-electron chi connectivity index (χ3n) is 2.14. The Morgan fingerprint density at radius 2 is 2.33 bits per heavy atom. The van der Waals surface area contributed by atoms with Crippen LogP contribution < -0.4 is 5.32 Å². The molecule has 1 aliphatic heterocycles. The van der Waals surface area contributed by atoms with E-state index in [0.29, 0.717) is 12.1 Å². The number of rotatable bonds is 4. The van der Waals surface area contributed by atoms with Crippen molar-refractivity contribution in [3.8, 4) is 0 Å². The molecule has 0 radical (unpaired) electrons. The Morgan fingerprint density at radius 1 is 1.58 bits per heavy atom. The molecule has 72 valence electrons. The number of aliphatic hydroxyl groups excluding tert-OH is 1. The first kappa shape index (κ1) is 9.96. The fraction of sp³-hybridized carbons (Fsp3) is 1.00. The summed E-state index contributed by atoms with van der Waals surface area (Å²) < 4.78 is 5.24. The van der Waals surface area contributed by atoms with E-state index in [1.165, 1.54) is 0 Å². The van der Waals surface area contributed by atoms with Crippen LogP contribution >= 0.6 is 0 Å². The molecule has 1 rings (SSSR count). The lowest BCUT2D eigenvalue weighted by atomic mass is 10.1. The van der Waals surface area contributed by atoms with Crippen molar-refractivity contribution in [1.29, 1.82) is 0 Å². The van der Waals surface area contributed by atoms with Crippen LogP contribution in [0.1, 0.15) is 26.7 Å². The second-order valence-corrected chi connectivity index (χ2v) is 3.71. The zero-order valence-electron chi connectivity index (χ0n) is 7.92. The van der Waals surface area contributed by atoms with Crippen molar-refractivity contribution in [2.45, 2.75) is 44.9 Å². The van der Waals surface area contributed by atoms with Gasteiger partial charge in [0.25, 0.3) is 0 Å². The summed E-state index contributed by atoms with van der Waals surface area (Å²) in [6.07, 6.45) is 1.70. The number of hydrogen-bond acceptors (Lipinski definition) is 3. The lowest BCUT2D eigenvalue weighted by molar-refractivity contribution is 0.161. The Morgan fingerprint density at radius 3 is 2.83 bits per heavy atom. The summed E-state index contributed by atoms with van der Waals surface area (Å²) in [4.78, 5) is 0. The predicted molar refractivity (Wildman–Crippen MR) is 48.1 cm³/mol. The molecular formula is C9H19NO2. The second kappa shape index (κ2) is 4.80. The summed E-state index contributed by atoms with van der Waals surface area (Å²) >= 11 is 0. The van der Waals surface area contributed by atoms with Crippen molar-refractivity contribution in [2.24, 2.45) is 0 Å². The highest BCUT2D eigenvalue weighted by Crippen LogP contribution is 2.06. The summed E-state index contributed by atoms with van der Waals surface area (Å²) in [5, 5.41) is 12.6. The first-order valence-corrected chi connectivity index (χ1v) is 4.70. The molecule has 1 heterocycles. The van der Waals surface area contributed by atoms with Gasteiger partial charge in [-0.1, -0.05) is 0 Å². The number of aliphatic hydroxyl groups is 1. The molecule has 0 aromatic rings. The van der Waals surface area contributed by atoms with Gasteiger partial charge in [-0.15, -0.1) is 0 Å². The van der Waals surface area contributed by atoms with Gasteiger partial charge in [-0.05, 0) is 26.7 Å². The molecule has 0 aromatic heterocycles. The summed E-state index contributed by atoms with van der Waals surface area (Å²) in [7, 11) is 0. The summed E-state index contributed by atoms with van der Waals surface area (Å²) in [6.45, 7) is 5.62. The smallest absolute Gasteiger partial charge is 0.0620 e. The number of ether oxygens (including phenoxy) is 1. The van der Waals surface area contributed by atoms with E-state index in [0.717, 1.165) is 26.1 Å². The quantitative estimate of drug-likeness (QED) is 0.651. The van der Waals surface area contributed by atoms with Gasteiger partial charge in [0.1, 0.15) is 0 Å². The van der Waals surface area contributed by atoms with Gasteiger partial charge in [0.05, 0.1) is 12.7 Å². The van der Waals surface area contributed by atoms with Gasteiger partial charge in [-0.25, -0.2) is 0 Å². The van der Waals surface area contributed by atoms with Gasteiger partial charge < -0.3 is 15.2 Å². The first-order chi connectivity index (χ1) is 5.68. The predicted octanol–water partition coefficient (Wildman–Crippen LogP) is 0.524. The van der Waals surface area contributed by atoms with Gasteiger partial charge in [0.15, 0.2) is 0 Å². The zero-order valence-corrected chi connectivity index (χ0v) is 7.92. The Bertz CT molecular complexity index is 122. The van der Waals surface area contributed by atoms with Crippen LogP contribution in [0.4, 0.5) is 0 Å². The van der Waals surface area contributed by atoms with Crippen molar-refractivity contribution in [3.05, 3.63) is 0 Å². The van der Waals surface area contributed by atoms with E-state index in [1.807, 2.05) is 6.92 Å². The second-order valence-electron chi connectivity index (χ2n) is 3.71. The minimum Gasteiger partial charge on any atom is -0.393 e. The van der Waals surface area contributed by atoms with E-state index >= 15 is 0 Å². The first-order valence-electron chi connectivity index (χ1n) is 4.70.